The average Bonchev–Trinajstić information content (AvgIpc) is 3.77. The molecule has 0 fully saturated rings. The molecule has 3 aromatic heterocycles. The number of aromatic nitrogens is 3. The van der Waals surface area contributed by atoms with Crippen molar-refractivity contribution in [1.29, 1.82) is 0 Å². The van der Waals surface area contributed by atoms with Crippen LogP contribution in [0.2, 0.25) is 0 Å². The summed E-state index contributed by atoms with van der Waals surface area (Å²) >= 11 is 0. The molecule has 3 unspecified atom stereocenters. The van der Waals surface area contributed by atoms with Gasteiger partial charge in [0.1, 0.15) is 5.92 Å². The van der Waals surface area contributed by atoms with Crippen molar-refractivity contribution in [3.8, 4) is 0 Å². The van der Waals surface area contributed by atoms with Crippen molar-refractivity contribution in [3.63, 3.8) is 0 Å². The van der Waals surface area contributed by atoms with Gasteiger partial charge in [-0.1, -0.05) is 12.7 Å². The predicted octanol–water partition coefficient (Wildman–Crippen LogP) is -1.12. The van der Waals surface area contributed by atoms with Gasteiger partial charge in [-0.15, -0.1) is 0 Å². The van der Waals surface area contributed by atoms with Crippen LogP contribution >= 0.6 is 0 Å². The number of rotatable bonds is 13. The fraction of sp³-hybridized carbons (Fsp3) is 0.400. The van der Waals surface area contributed by atoms with E-state index in [2.05, 4.69) is 26.8 Å². The van der Waals surface area contributed by atoms with Crippen LogP contribution in [0.3, 0.4) is 0 Å². The van der Waals surface area contributed by atoms with Crippen molar-refractivity contribution in [1.82, 2.24) is 20.3 Å². The summed E-state index contributed by atoms with van der Waals surface area (Å²) in [6.45, 7) is 10.9. The minimum absolute atomic E-state index is 0. The summed E-state index contributed by atoms with van der Waals surface area (Å²) in [5.74, 6) is -4.66. The van der Waals surface area contributed by atoms with Gasteiger partial charge in [-0.05, 0) is 80.3 Å². The van der Waals surface area contributed by atoms with E-state index in [1.165, 1.54) is 13.2 Å². The molecule has 4 heterocycles. The van der Waals surface area contributed by atoms with Gasteiger partial charge in [0.25, 0.3) is 5.91 Å². The summed E-state index contributed by atoms with van der Waals surface area (Å²) in [6.07, 6.45) is 3.06. The van der Waals surface area contributed by atoms with Crippen LogP contribution in [0.4, 0.5) is 0 Å². The molecule has 0 aromatic carbocycles. The van der Waals surface area contributed by atoms with Crippen LogP contribution in [0.5, 0.6) is 0 Å². The number of aromatic amines is 3. The molecule has 3 aromatic rings. The summed E-state index contributed by atoms with van der Waals surface area (Å²) in [5, 5.41) is 24.2. The molecule has 5 rings (SSSR count). The fourth-order valence-corrected chi connectivity index (χ4v) is 7.28. The van der Waals surface area contributed by atoms with Crippen LogP contribution in [-0.4, -0.2) is 69.7 Å². The van der Waals surface area contributed by atoms with E-state index in [1.54, 1.807) is 6.92 Å². The van der Waals surface area contributed by atoms with Crippen molar-refractivity contribution in [2.45, 2.75) is 71.8 Å². The number of methoxy groups -OCH3 is 1. The molecule has 248 valence electrons. The summed E-state index contributed by atoms with van der Waals surface area (Å²) in [4.78, 5) is 73.1. The number of carbonyl (C=O) groups excluding carboxylic acids is 5. The Morgan fingerprint density at radius 3 is 2.23 bits per heavy atom. The standard InChI is InChI=1S/C35H40N4O8.Na/c1-7-19-15(2)23(39-34(19)45)12-22-17(4)21(8-9-27(42)43)31(37-22)29-30(35(46)47-6)33(44)28-18(5)24(38-32(28)29)13-25-20(10-11-40)16(3)26(14-41)36-25;/h7,14,23,29-30,36-38,40H,1,8-13H2,2-6H3,(H,39,45)(H,42,43);/q;+1/p-1. The van der Waals surface area contributed by atoms with Crippen LogP contribution in [0.1, 0.15) is 96.4 Å². The molecule has 12 nitrogen and oxygen atoms in total. The molecular weight excluding hydrogens is 627 g/mol. The summed E-state index contributed by atoms with van der Waals surface area (Å²) in [5.41, 5.74) is 8.88. The molecule has 2 aliphatic rings. The number of Topliss-reactive ketones (excluding diaryl/α,β-unsaturated/α-hetero) is 1. The maximum Gasteiger partial charge on any atom is 1.00 e. The number of aliphatic carboxylic acids is 1. The van der Waals surface area contributed by atoms with Crippen LogP contribution < -0.4 is 40.0 Å². The molecular formula is C35H39N4NaO8. The second-order valence-corrected chi connectivity index (χ2v) is 12.3. The molecule has 0 spiro atoms. The van der Waals surface area contributed by atoms with Gasteiger partial charge in [-0.3, -0.25) is 19.2 Å². The second kappa shape index (κ2) is 14.7. The minimum atomic E-state index is -1.24. The van der Waals surface area contributed by atoms with Gasteiger partial charge in [0.15, 0.2) is 12.1 Å². The first-order chi connectivity index (χ1) is 22.4. The maximum absolute atomic E-state index is 14.0. The number of H-pyrrole nitrogens is 3. The molecule has 48 heavy (non-hydrogen) atoms. The number of ether oxygens (including phenoxy) is 1. The topological polar surface area (TPSA) is 197 Å². The Labute approximate surface area is 300 Å². The van der Waals surface area contributed by atoms with Crippen molar-refractivity contribution in [2.24, 2.45) is 5.92 Å². The smallest absolute Gasteiger partial charge is 0.550 e. The van der Waals surface area contributed by atoms with Gasteiger partial charge >= 0.3 is 35.5 Å². The van der Waals surface area contributed by atoms with Crippen LogP contribution in [0, 0.1) is 26.7 Å². The van der Waals surface area contributed by atoms with Gasteiger partial charge in [-0.25, -0.2) is 0 Å². The second-order valence-electron chi connectivity index (χ2n) is 12.3. The predicted molar refractivity (Wildman–Crippen MR) is 169 cm³/mol. The van der Waals surface area contributed by atoms with E-state index < -0.39 is 29.6 Å². The number of carboxylic acid groups (broad SMARTS) is 1. The van der Waals surface area contributed by atoms with Crippen molar-refractivity contribution in [3.05, 3.63) is 91.3 Å². The van der Waals surface area contributed by atoms with E-state index in [0.717, 1.165) is 39.9 Å². The number of aliphatic hydroxyl groups is 1. The number of esters is 1. The Hall–Kier alpha value is -3.97. The van der Waals surface area contributed by atoms with E-state index in [-0.39, 0.29) is 61.0 Å². The number of ketones is 1. The molecule has 1 amide bonds. The first-order valence-electron chi connectivity index (χ1n) is 15.5. The van der Waals surface area contributed by atoms with E-state index in [0.29, 0.717) is 64.3 Å². The minimum Gasteiger partial charge on any atom is -0.550 e. The third-order valence-corrected chi connectivity index (χ3v) is 9.87. The third-order valence-electron chi connectivity index (χ3n) is 9.87. The molecule has 0 saturated carbocycles. The molecule has 5 N–H and O–H groups in total. The number of aldehydes is 1. The molecule has 0 bridgehead atoms. The SMILES string of the molecule is C=CC1=C(C)C(Cc2[nH]c(C3c4[nH]c(Cc5[nH]c(C=O)c(C)c5CCO)c(C)c4C(=O)C3C(=O)OC)c(CCC(=O)[O-])c2C)NC1=O.[Na+]. The zero-order chi connectivity index (χ0) is 34.3. The molecule has 0 radical (unpaired) electrons. The fourth-order valence-electron chi connectivity index (χ4n) is 7.28. The maximum atomic E-state index is 14.0. The Kier molecular flexibility index (Phi) is 11.3. The van der Waals surface area contributed by atoms with E-state index in [4.69, 9.17) is 4.74 Å². The quantitative estimate of drug-likeness (QED) is 0.0655. The molecule has 13 heteroatoms. The number of fused-ring (bicyclic) bond motifs is 1. The number of hydrogen-bond acceptors (Lipinski definition) is 8. The zero-order valence-corrected chi connectivity index (χ0v) is 30.1. The monoisotopic (exact) mass is 666 g/mol. The Balaban J connectivity index is 0.00000520. The van der Waals surface area contributed by atoms with Crippen molar-refractivity contribution >= 4 is 29.9 Å². The Bertz CT molecular complexity index is 1860. The first kappa shape index (κ1) is 36.9. The third kappa shape index (κ3) is 6.29. The van der Waals surface area contributed by atoms with E-state index >= 15 is 0 Å². The van der Waals surface area contributed by atoms with Gasteiger partial charge < -0.3 is 40.0 Å². The number of carboxylic acids is 1. The van der Waals surface area contributed by atoms with E-state index in [9.17, 15) is 34.2 Å². The molecule has 1 aliphatic heterocycles. The number of aliphatic hydroxyl groups excluding tert-OH is 1. The first-order valence-corrected chi connectivity index (χ1v) is 15.5. The van der Waals surface area contributed by atoms with Crippen molar-refractivity contribution in [2.75, 3.05) is 13.7 Å². The largest absolute Gasteiger partial charge is 1.00 e. The summed E-state index contributed by atoms with van der Waals surface area (Å²) in [6, 6.07) is -0.333. The van der Waals surface area contributed by atoms with E-state index in [1.807, 2.05) is 20.8 Å². The normalized spacial score (nSPS) is 18.5. The van der Waals surface area contributed by atoms with Gasteiger partial charge in [0.05, 0.1) is 24.8 Å². The van der Waals surface area contributed by atoms with Gasteiger partial charge in [-0.2, -0.15) is 0 Å². The molecule has 0 saturated heterocycles. The number of carbonyl (C=O) groups is 5. The summed E-state index contributed by atoms with van der Waals surface area (Å²) < 4.78 is 5.11. The van der Waals surface area contributed by atoms with Crippen molar-refractivity contribution < 1.29 is 68.5 Å². The van der Waals surface area contributed by atoms with Gasteiger partial charge in [0.2, 0.25) is 0 Å². The van der Waals surface area contributed by atoms with Crippen LogP contribution in [0.15, 0.2) is 23.8 Å². The Morgan fingerprint density at radius 1 is 0.958 bits per heavy atom. The number of nitrogens with one attached hydrogen (secondary N) is 4. The number of amides is 1. The molecule has 1 aliphatic carbocycles. The zero-order valence-electron chi connectivity index (χ0n) is 28.1. The van der Waals surface area contributed by atoms with Crippen LogP contribution in [0.25, 0.3) is 0 Å². The van der Waals surface area contributed by atoms with Gasteiger partial charge in [0, 0.05) is 65.0 Å². The summed E-state index contributed by atoms with van der Waals surface area (Å²) in [7, 11) is 1.22. The average molecular weight is 667 g/mol. The van der Waals surface area contributed by atoms with Crippen LogP contribution in [-0.2, 0) is 44.8 Å². The Morgan fingerprint density at radius 2 is 1.65 bits per heavy atom. The number of hydrogen-bond donors (Lipinski definition) is 5. The molecule has 3 atom stereocenters.